The maximum Gasteiger partial charge on any atom is 0.253 e. The minimum absolute atomic E-state index is 0.0543. The van der Waals surface area contributed by atoms with Crippen molar-refractivity contribution in [1.29, 1.82) is 0 Å². The summed E-state index contributed by atoms with van der Waals surface area (Å²) >= 11 is 0. The molecule has 0 radical (unpaired) electrons. The van der Waals surface area contributed by atoms with Gasteiger partial charge in [0.2, 0.25) is 10.0 Å². The summed E-state index contributed by atoms with van der Waals surface area (Å²) < 4.78 is 27.7. The summed E-state index contributed by atoms with van der Waals surface area (Å²) in [5, 5.41) is 0. The Hall–Kier alpha value is -2.23. The smallest absolute Gasteiger partial charge is 0.253 e. The van der Waals surface area contributed by atoms with Gasteiger partial charge in [-0.15, -0.1) is 0 Å². The normalized spacial score (nSPS) is 15.8. The van der Waals surface area contributed by atoms with E-state index >= 15 is 0 Å². The van der Waals surface area contributed by atoms with E-state index in [0.717, 1.165) is 42.7 Å². The first-order valence-electron chi connectivity index (χ1n) is 9.87. The van der Waals surface area contributed by atoms with Gasteiger partial charge in [-0.1, -0.05) is 6.92 Å². The molecule has 8 nitrogen and oxygen atoms in total. The standard InChI is InChI=1S/C20H29N5O3S/c1-4-19-21-9-10-24(19)14-11-23-12-15-25(16-13-23)20(26)17-5-7-18(8-6-17)29(27,28)22(2)3/h5-10H,4,11-16H2,1-3H3. The number of aromatic nitrogens is 2. The zero-order chi connectivity index (χ0) is 21.0. The Bertz CT molecular complexity index is 929. The van der Waals surface area contributed by atoms with E-state index in [9.17, 15) is 13.2 Å². The number of nitrogens with zero attached hydrogens (tertiary/aromatic N) is 5. The van der Waals surface area contributed by atoms with Gasteiger partial charge < -0.3 is 9.47 Å². The molecule has 0 spiro atoms. The summed E-state index contributed by atoms with van der Waals surface area (Å²) in [6.07, 6.45) is 4.77. The van der Waals surface area contributed by atoms with Gasteiger partial charge in [-0.05, 0) is 24.3 Å². The highest BCUT2D eigenvalue weighted by atomic mass is 32.2. The highest BCUT2D eigenvalue weighted by Crippen LogP contribution is 2.16. The van der Waals surface area contributed by atoms with Crippen LogP contribution in [0.15, 0.2) is 41.6 Å². The molecule has 1 saturated heterocycles. The Morgan fingerprint density at radius 1 is 1.07 bits per heavy atom. The zero-order valence-corrected chi connectivity index (χ0v) is 18.1. The number of sulfonamides is 1. The van der Waals surface area contributed by atoms with Crippen LogP contribution >= 0.6 is 0 Å². The lowest BCUT2D eigenvalue weighted by molar-refractivity contribution is 0.0633. The number of carbonyl (C=O) groups is 1. The van der Waals surface area contributed by atoms with Crippen molar-refractivity contribution in [3.05, 3.63) is 48.0 Å². The summed E-state index contributed by atoms with van der Waals surface area (Å²) in [7, 11) is -0.507. The molecule has 1 aliphatic rings. The minimum atomic E-state index is -3.49. The van der Waals surface area contributed by atoms with Crippen molar-refractivity contribution >= 4 is 15.9 Å². The van der Waals surface area contributed by atoms with Crippen LogP contribution in [0.4, 0.5) is 0 Å². The molecule has 0 bridgehead atoms. The Morgan fingerprint density at radius 3 is 2.31 bits per heavy atom. The van der Waals surface area contributed by atoms with E-state index in [0.29, 0.717) is 18.7 Å². The summed E-state index contributed by atoms with van der Waals surface area (Å²) in [6, 6.07) is 6.18. The van der Waals surface area contributed by atoms with Crippen LogP contribution in [-0.4, -0.2) is 84.8 Å². The Kier molecular flexibility index (Phi) is 6.71. The molecular formula is C20H29N5O3S. The van der Waals surface area contributed by atoms with Gasteiger partial charge in [0, 0.05) is 77.7 Å². The van der Waals surface area contributed by atoms with Crippen molar-refractivity contribution in [2.75, 3.05) is 46.8 Å². The van der Waals surface area contributed by atoms with Gasteiger partial charge in [-0.2, -0.15) is 0 Å². The van der Waals surface area contributed by atoms with Crippen LogP contribution < -0.4 is 0 Å². The Labute approximate surface area is 172 Å². The molecule has 1 aliphatic heterocycles. The largest absolute Gasteiger partial charge is 0.336 e. The van der Waals surface area contributed by atoms with E-state index < -0.39 is 10.0 Å². The number of imidazole rings is 1. The third-order valence-corrected chi connectivity index (χ3v) is 7.14. The molecule has 1 aromatic heterocycles. The molecule has 1 fully saturated rings. The van der Waals surface area contributed by atoms with E-state index in [1.54, 1.807) is 12.1 Å². The highest BCUT2D eigenvalue weighted by molar-refractivity contribution is 7.89. The van der Waals surface area contributed by atoms with E-state index in [-0.39, 0.29) is 10.8 Å². The quantitative estimate of drug-likeness (QED) is 0.673. The number of piperazine rings is 1. The topological polar surface area (TPSA) is 78.8 Å². The molecular weight excluding hydrogens is 390 g/mol. The van der Waals surface area contributed by atoms with Crippen LogP contribution in [0.1, 0.15) is 23.1 Å². The molecule has 2 aromatic rings. The van der Waals surface area contributed by atoms with Crippen LogP contribution in [0, 0.1) is 0 Å². The number of aryl methyl sites for hydroxylation is 1. The average molecular weight is 420 g/mol. The van der Waals surface area contributed by atoms with Gasteiger partial charge in [0.05, 0.1) is 4.90 Å². The molecule has 3 rings (SSSR count). The van der Waals surface area contributed by atoms with Crippen molar-refractivity contribution < 1.29 is 13.2 Å². The lowest BCUT2D eigenvalue weighted by Crippen LogP contribution is -2.49. The summed E-state index contributed by atoms with van der Waals surface area (Å²) in [4.78, 5) is 21.5. The SMILES string of the molecule is CCc1nccn1CCN1CCN(C(=O)c2ccc(S(=O)(=O)N(C)C)cc2)CC1. The molecule has 0 atom stereocenters. The Morgan fingerprint density at radius 2 is 1.72 bits per heavy atom. The molecule has 29 heavy (non-hydrogen) atoms. The first kappa shape index (κ1) is 21.5. The number of benzene rings is 1. The van der Waals surface area contributed by atoms with E-state index in [2.05, 4.69) is 21.4 Å². The number of amides is 1. The predicted molar refractivity (Wildman–Crippen MR) is 111 cm³/mol. The average Bonchev–Trinajstić information content (AvgIpc) is 3.19. The van der Waals surface area contributed by atoms with Gasteiger partial charge >= 0.3 is 0 Å². The molecule has 9 heteroatoms. The lowest BCUT2D eigenvalue weighted by Gasteiger charge is -2.35. The van der Waals surface area contributed by atoms with Crippen LogP contribution in [0.5, 0.6) is 0 Å². The first-order chi connectivity index (χ1) is 13.8. The molecule has 0 N–H and O–H groups in total. The monoisotopic (exact) mass is 419 g/mol. The van der Waals surface area contributed by atoms with E-state index in [1.165, 1.54) is 26.2 Å². The maximum atomic E-state index is 12.8. The predicted octanol–water partition coefficient (Wildman–Crippen LogP) is 1.15. The second-order valence-electron chi connectivity index (χ2n) is 7.34. The number of rotatable bonds is 7. The van der Waals surface area contributed by atoms with Crippen molar-refractivity contribution in [3.8, 4) is 0 Å². The fraction of sp³-hybridized carbons (Fsp3) is 0.500. The second-order valence-corrected chi connectivity index (χ2v) is 9.49. The van der Waals surface area contributed by atoms with E-state index in [4.69, 9.17) is 0 Å². The Balaban J connectivity index is 1.53. The first-order valence-corrected chi connectivity index (χ1v) is 11.3. The van der Waals surface area contributed by atoms with Gasteiger partial charge in [-0.25, -0.2) is 17.7 Å². The van der Waals surface area contributed by atoms with Gasteiger partial charge in [0.15, 0.2) is 0 Å². The molecule has 1 amide bonds. The minimum Gasteiger partial charge on any atom is -0.336 e. The molecule has 0 unspecified atom stereocenters. The van der Waals surface area contributed by atoms with Crippen LogP contribution in [0.2, 0.25) is 0 Å². The van der Waals surface area contributed by atoms with Crippen LogP contribution in [-0.2, 0) is 23.0 Å². The van der Waals surface area contributed by atoms with E-state index in [1.807, 2.05) is 17.3 Å². The number of hydrogen-bond acceptors (Lipinski definition) is 5. The number of hydrogen-bond donors (Lipinski definition) is 0. The fourth-order valence-electron chi connectivity index (χ4n) is 3.44. The molecule has 0 aliphatic carbocycles. The highest BCUT2D eigenvalue weighted by Gasteiger charge is 2.23. The zero-order valence-electron chi connectivity index (χ0n) is 17.3. The van der Waals surface area contributed by atoms with Crippen LogP contribution in [0.25, 0.3) is 0 Å². The molecule has 0 saturated carbocycles. The lowest BCUT2D eigenvalue weighted by atomic mass is 10.2. The third kappa shape index (κ3) is 4.85. The van der Waals surface area contributed by atoms with Crippen molar-refractivity contribution in [1.82, 2.24) is 23.7 Å². The van der Waals surface area contributed by atoms with Gasteiger partial charge in [0.25, 0.3) is 5.91 Å². The molecule has 158 valence electrons. The fourth-order valence-corrected chi connectivity index (χ4v) is 4.35. The number of carbonyl (C=O) groups excluding carboxylic acids is 1. The van der Waals surface area contributed by atoms with Gasteiger partial charge in [-0.3, -0.25) is 9.69 Å². The molecule has 1 aromatic carbocycles. The van der Waals surface area contributed by atoms with Crippen LogP contribution in [0.3, 0.4) is 0 Å². The summed E-state index contributed by atoms with van der Waals surface area (Å²) in [6.45, 7) is 6.93. The van der Waals surface area contributed by atoms with Crippen molar-refractivity contribution in [3.63, 3.8) is 0 Å². The van der Waals surface area contributed by atoms with Gasteiger partial charge in [0.1, 0.15) is 5.82 Å². The summed E-state index contributed by atoms with van der Waals surface area (Å²) in [5.41, 5.74) is 0.516. The maximum absolute atomic E-state index is 12.8. The molecule has 2 heterocycles. The van der Waals surface area contributed by atoms with Crippen molar-refractivity contribution in [2.24, 2.45) is 0 Å². The summed E-state index contributed by atoms with van der Waals surface area (Å²) in [5.74, 6) is 1.04. The van der Waals surface area contributed by atoms with Crippen molar-refractivity contribution in [2.45, 2.75) is 24.8 Å². The second kappa shape index (κ2) is 9.06. The third-order valence-electron chi connectivity index (χ3n) is 5.31.